The Bertz CT molecular complexity index is 946. The number of anilines is 1. The van der Waals surface area contributed by atoms with Crippen molar-refractivity contribution in [1.29, 1.82) is 0 Å². The first-order valence-corrected chi connectivity index (χ1v) is 8.24. The molecule has 8 heteroatoms. The predicted molar refractivity (Wildman–Crippen MR) is 94.9 cm³/mol. The SMILES string of the molecule is CC1=NN(C)c2nc3c(c(=O)n(CCC(C)C)c(=O)n3C)n2C1C. The smallest absolute Gasteiger partial charge is 0.294 e. The predicted octanol–water partition coefficient (Wildman–Crippen LogP) is 1.33. The fraction of sp³-hybridized carbons (Fsp3) is 0.625. The van der Waals surface area contributed by atoms with E-state index in [2.05, 4.69) is 23.9 Å². The number of aromatic nitrogens is 4. The quantitative estimate of drug-likeness (QED) is 0.849. The maximum atomic E-state index is 13.0. The molecule has 0 bridgehead atoms. The van der Waals surface area contributed by atoms with E-state index in [4.69, 9.17) is 0 Å². The van der Waals surface area contributed by atoms with Gasteiger partial charge in [0.1, 0.15) is 0 Å². The second-order valence-electron chi connectivity index (χ2n) is 6.88. The van der Waals surface area contributed by atoms with Crippen molar-refractivity contribution in [3.05, 3.63) is 20.8 Å². The zero-order chi connectivity index (χ0) is 17.8. The van der Waals surface area contributed by atoms with E-state index in [0.29, 0.717) is 29.6 Å². The van der Waals surface area contributed by atoms with Crippen LogP contribution < -0.4 is 16.3 Å². The summed E-state index contributed by atoms with van der Waals surface area (Å²) in [5.41, 5.74) is 1.17. The van der Waals surface area contributed by atoms with Crippen molar-refractivity contribution in [2.45, 2.75) is 46.7 Å². The lowest BCUT2D eigenvalue weighted by atomic mass is 10.1. The summed E-state index contributed by atoms with van der Waals surface area (Å²) in [4.78, 5) is 30.1. The number of hydrogen-bond donors (Lipinski definition) is 0. The molecule has 130 valence electrons. The topological polar surface area (TPSA) is 77.4 Å². The Morgan fingerprint density at radius 2 is 1.88 bits per heavy atom. The summed E-state index contributed by atoms with van der Waals surface area (Å²) in [5.74, 6) is 0.993. The van der Waals surface area contributed by atoms with Crippen molar-refractivity contribution in [2.75, 3.05) is 12.1 Å². The Hall–Kier alpha value is -2.38. The summed E-state index contributed by atoms with van der Waals surface area (Å²) in [5, 5.41) is 6.08. The van der Waals surface area contributed by atoms with Crippen LogP contribution in [0.1, 0.15) is 40.2 Å². The van der Waals surface area contributed by atoms with Gasteiger partial charge in [-0.1, -0.05) is 13.8 Å². The van der Waals surface area contributed by atoms with Crippen molar-refractivity contribution in [1.82, 2.24) is 18.7 Å². The fourth-order valence-corrected chi connectivity index (χ4v) is 3.06. The van der Waals surface area contributed by atoms with Gasteiger partial charge >= 0.3 is 5.69 Å². The normalized spacial score (nSPS) is 17.5. The van der Waals surface area contributed by atoms with Gasteiger partial charge in [-0.05, 0) is 26.2 Å². The van der Waals surface area contributed by atoms with Crippen LogP contribution in [0.15, 0.2) is 14.7 Å². The molecule has 3 heterocycles. The molecule has 0 radical (unpaired) electrons. The van der Waals surface area contributed by atoms with Crippen LogP contribution in [-0.4, -0.2) is 31.4 Å². The van der Waals surface area contributed by atoms with Gasteiger partial charge in [0.2, 0.25) is 5.95 Å². The van der Waals surface area contributed by atoms with Crippen LogP contribution >= 0.6 is 0 Å². The second-order valence-corrected chi connectivity index (χ2v) is 6.88. The highest BCUT2D eigenvalue weighted by atomic mass is 16.2. The Labute approximate surface area is 140 Å². The minimum Gasteiger partial charge on any atom is -0.294 e. The molecule has 0 N–H and O–H groups in total. The molecule has 8 nitrogen and oxygen atoms in total. The van der Waals surface area contributed by atoms with Crippen LogP contribution in [0.3, 0.4) is 0 Å². The maximum Gasteiger partial charge on any atom is 0.332 e. The molecule has 1 aliphatic heterocycles. The zero-order valence-corrected chi connectivity index (χ0v) is 15.1. The first kappa shape index (κ1) is 16.5. The highest BCUT2D eigenvalue weighted by molar-refractivity contribution is 5.90. The molecule has 0 aliphatic carbocycles. The Balaban J connectivity index is 2.34. The van der Waals surface area contributed by atoms with Crippen LogP contribution in [0.4, 0.5) is 5.95 Å². The number of hydrazone groups is 1. The molecule has 2 aromatic rings. The second kappa shape index (κ2) is 5.61. The summed E-state index contributed by atoms with van der Waals surface area (Å²) >= 11 is 0. The van der Waals surface area contributed by atoms with Crippen LogP contribution in [-0.2, 0) is 13.6 Å². The van der Waals surface area contributed by atoms with E-state index in [0.717, 1.165) is 12.1 Å². The van der Waals surface area contributed by atoms with Crippen molar-refractivity contribution in [3.8, 4) is 0 Å². The number of rotatable bonds is 3. The van der Waals surface area contributed by atoms with Gasteiger partial charge in [0.15, 0.2) is 11.2 Å². The maximum absolute atomic E-state index is 13.0. The van der Waals surface area contributed by atoms with E-state index in [1.165, 1.54) is 9.13 Å². The minimum absolute atomic E-state index is 0.0787. The highest BCUT2D eigenvalue weighted by Crippen LogP contribution is 2.28. The summed E-state index contributed by atoms with van der Waals surface area (Å²) in [6.07, 6.45) is 0.775. The number of aryl methyl sites for hydroxylation is 1. The third-order valence-electron chi connectivity index (χ3n) is 4.68. The van der Waals surface area contributed by atoms with Crippen molar-refractivity contribution >= 4 is 22.8 Å². The van der Waals surface area contributed by atoms with Crippen molar-refractivity contribution in [3.63, 3.8) is 0 Å². The van der Waals surface area contributed by atoms with Crippen molar-refractivity contribution in [2.24, 2.45) is 18.1 Å². The molecule has 0 saturated carbocycles. The van der Waals surface area contributed by atoms with Crippen molar-refractivity contribution < 1.29 is 0 Å². The van der Waals surface area contributed by atoms with Gasteiger partial charge < -0.3 is 0 Å². The van der Waals surface area contributed by atoms with Gasteiger partial charge in [0.25, 0.3) is 5.56 Å². The number of nitrogens with zero attached hydrogens (tertiary/aromatic N) is 6. The van der Waals surface area contributed by atoms with Gasteiger partial charge in [0, 0.05) is 20.6 Å². The molecule has 24 heavy (non-hydrogen) atoms. The summed E-state index contributed by atoms with van der Waals surface area (Å²) in [6, 6.07) is -0.0787. The lowest BCUT2D eigenvalue weighted by Gasteiger charge is -2.26. The minimum atomic E-state index is -0.323. The molecule has 0 amide bonds. The molecule has 0 aromatic carbocycles. The Kier molecular flexibility index (Phi) is 3.85. The molecule has 0 saturated heterocycles. The fourth-order valence-electron chi connectivity index (χ4n) is 3.06. The largest absolute Gasteiger partial charge is 0.332 e. The van der Waals surface area contributed by atoms with Gasteiger partial charge in [0.05, 0.1) is 11.8 Å². The molecule has 3 rings (SSSR count). The first-order valence-electron chi connectivity index (χ1n) is 8.24. The molecule has 1 atom stereocenters. The molecule has 0 spiro atoms. The number of hydrogen-bond acceptors (Lipinski definition) is 5. The Morgan fingerprint density at radius 3 is 2.50 bits per heavy atom. The average Bonchev–Trinajstić information content (AvgIpc) is 2.91. The molecule has 1 unspecified atom stereocenters. The first-order chi connectivity index (χ1) is 11.2. The van der Waals surface area contributed by atoms with Crippen LogP contribution in [0, 0.1) is 5.92 Å². The molecule has 1 aliphatic rings. The summed E-state index contributed by atoms with van der Waals surface area (Å²) in [6.45, 7) is 8.47. The zero-order valence-electron chi connectivity index (χ0n) is 15.1. The molecule has 0 fully saturated rings. The highest BCUT2D eigenvalue weighted by Gasteiger charge is 2.29. The van der Waals surface area contributed by atoms with Crippen LogP contribution in [0.25, 0.3) is 11.2 Å². The number of fused-ring (bicyclic) bond motifs is 3. The van der Waals surface area contributed by atoms with Gasteiger partial charge in [-0.15, -0.1) is 0 Å². The lowest BCUT2D eigenvalue weighted by Crippen LogP contribution is -2.40. The third-order valence-corrected chi connectivity index (χ3v) is 4.68. The van der Waals surface area contributed by atoms with E-state index in [-0.39, 0.29) is 17.3 Å². The van der Waals surface area contributed by atoms with Gasteiger partial charge in [-0.2, -0.15) is 10.1 Å². The lowest BCUT2D eigenvalue weighted by molar-refractivity contribution is 0.487. The third kappa shape index (κ3) is 2.28. The average molecular weight is 332 g/mol. The van der Waals surface area contributed by atoms with Gasteiger partial charge in [-0.25, -0.2) is 9.80 Å². The van der Waals surface area contributed by atoms with E-state index >= 15 is 0 Å². The van der Waals surface area contributed by atoms with Crippen LogP contribution in [0.2, 0.25) is 0 Å². The standard InChI is InChI=1S/C16H24N6O2/c1-9(2)7-8-21-14(23)12-13(19(5)16(21)24)17-15-20(6)18-10(3)11(4)22(12)15/h9,11H,7-8H2,1-6H3. The molecular weight excluding hydrogens is 308 g/mol. The summed E-state index contributed by atoms with van der Waals surface area (Å²) in [7, 11) is 3.45. The van der Waals surface area contributed by atoms with E-state index < -0.39 is 0 Å². The van der Waals surface area contributed by atoms with Crippen LogP contribution in [0.5, 0.6) is 0 Å². The summed E-state index contributed by atoms with van der Waals surface area (Å²) < 4.78 is 4.66. The van der Waals surface area contributed by atoms with E-state index in [9.17, 15) is 9.59 Å². The van der Waals surface area contributed by atoms with E-state index in [1.807, 2.05) is 18.4 Å². The van der Waals surface area contributed by atoms with Gasteiger partial charge in [-0.3, -0.25) is 18.5 Å². The molecular formula is C16H24N6O2. The number of imidazole rings is 1. The Morgan fingerprint density at radius 1 is 1.21 bits per heavy atom. The monoisotopic (exact) mass is 332 g/mol. The van der Waals surface area contributed by atoms with E-state index in [1.54, 1.807) is 19.1 Å². The molecule has 2 aromatic heterocycles.